The highest BCUT2D eigenvalue weighted by Gasteiger charge is 2.32. The minimum absolute atomic E-state index is 0.193. The average Bonchev–Trinajstić information content (AvgIpc) is 3.39. The molecule has 0 spiro atoms. The summed E-state index contributed by atoms with van der Waals surface area (Å²) in [6.45, 7) is 0.193. The van der Waals surface area contributed by atoms with Crippen molar-refractivity contribution >= 4 is 35.1 Å². The maximum absolute atomic E-state index is 13.4. The molecule has 0 aromatic heterocycles. The molecular formula is C24H17ClN2O4. The number of nitrogens with zero attached hydrogens (tertiary/aromatic N) is 2. The lowest BCUT2D eigenvalue weighted by Crippen LogP contribution is -2.32. The lowest BCUT2D eigenvalue weighted by Gasteiger charge is -2.18. The number of carbonyl (C=O) groups is 1. The van der Waals surface area contributed by atoms with Crippen LogP contribution in [0.3, 0.4) is 0 Å². The molecule has 5 rings (SSSR count). The summed E-state index contributed by atoms with van der Waals surface area (Å²) < 4.78 is 16.0. The largest absolute Gasteiger partial charge is 0.497 e. The van der Waals surface area contributed by atoms with Gasteiger partial charge in [-0.1, -0.05) is 17.7 Å². The monoisotopic (exact) mass is 432 g/mol. The fraction of sp³-hybridized carbons (Fsp3) is 0.0833. The van der Waals surface area contributed by atoms with Crippen molar-refractivity contribution in [2.75, 3.05) is 18.8 Å². The summed E-state index contributed by atoms with van der Waals surface area (Å²) >= 11 is 6.04. The summed E-state index contributed by atoms with van der Waals surface area (Å²) in [7, 11) is 1.61. The van der Waals surface area contributed by atoms with Crippen LogP contribution in [0, 0.1) is 0 Å². The summed E-state index contributed by atoms with van der Waals surface area (Å²) in [5.41, 5.74) is 2.58. The molecule has 3 aromatic rings. The molecule has 0 atom stereocenters. The molecule has 0 saturated heterocycles. The van der Waals surface area contributed by atoms with E-state index in [1.165, 1.54) is 0 Å². The second kappa shape index (κ2) is 7.81. The van der Waals surface area contributed by atoms with Crippen molar-refractivity contribution in [2.24, 2.45) is 4.99 Å². The molecule has 7 heteroatoms. The first-order chi connectivity index (χ1) is 15.1. The number of amidine groups is 1. The van der Waals surface area contributed by atoms with Crippen LogP contribution in [0.2, 0.25) is 5.02 Å². The van der Waals surface area contributed by atoms with Crippen LogP contribution in [0.5, 0.6) is 17.2 Å². The zero-order chi connectivity index (χ0) is 21.4. The second-order valence-electron chi connectivity index (χ2n) is 6.92. The Kier molecular flexibility index (Phi) is 4.84. The highest BCUT2D eigenvalue weighted by Crippen LogP contribution is 2.34. The molecule has 2 aliphatic heterocycles. The van der Waals surface area contributed by atoms with Crippen molar-refractivity contribution in [3.8, 4) is 17.2 Å². The fourth-order valence-electron chi connectivity index (χ4n) is 3.44. The van der Waals surface area contributed by atoms with E-state index in [9.17, 15) is 4.79 Å². The molecular weight excluding hydrogens is 416 g/mol. The van der Waals surface area contributed by atoms with Crippen LogP contribution in [-0.4, -0.2) is 25.6 Å². The number of methoxy groups -OCH3 is 1. The normalized spacial score (nSPS) is 16.1. The van der Waals surface area contributed by atoms with Crippen molar-refractivity contribution in [1.82, 2.24) is 0 Å². The van der Waals surface area contributed by atoms with E-state index in [-0.39, 0.29) is 12.7 Å². The summed E-state index contributed by atoms with van der Waals surface area (Å²) in [5.74, 6) is 2.36. The Morgan fingerprint density at radius 3 is 2.48 bits per heavy atom. The van der Waals surface area contributed by atoms with Crippen LogP contribution >= 0.6 is 11.6 Å². The Hall–Kier alpha value is -3.77. The number of halogens is 1. The molecule has 6 nitrogen and oxygen atoms in total. The van der Waals surface area contributed by atoms with Gasteiger partial charge in [-0.3, -0.25) is 9.69 Å². The highest BCUT2D eigenvalue weighted by molar-refractivity contribution is 6.34. The number of carbonyl (C=O) groups excluding carboxylic acids is 1. The fourth-order valence-corrected chi connectivity index (χ4v) is 3.57. The molecule has 0 saturated carbocycles. The number of aliphatic imine (C=N–C) groups is 1. The number of rotatable bonds is 4. The van der Waals surface area contributed by atoms with E-state index in [4.69, 9.17) is 25.8 Å². The van der Waals surface area contributed by atoms with Crippen molar-refractivity contribution in [1.29, 1.82) is 0 Å². The number of hydrogen-bond donors (Lipinski definition) is 0. The van der Waals surface area contributed by atoms with E-state index in [2.05, 4.69) is 4.99 Å². The molecule has 0 unspecified atom stereocenters. The topological polar surface area (TPSA) is 60.4 Å². The van der Waals surface area contributed by atoms with Gasteiger partial charge in [0.05, 0.1) is 12.8 Å². The van der Waals surface area contributed by atoms with Gasteiger partial charge in [0.15, 0.2) is 11.5 Å². The first-order valence-corrected chi connectivity index (χ1v) is 9.95. The Balaban J connectivity index is 1.58. The molecule has 0 fully saturated rings. The molecule has 31 heavy (non-hydrogen) atoms. The minimum Gasteiger partial charge on any atom is -0.497 e. The number of amides is 1. The number of anilines is 1. The Labute approximate surface area is 183 Å². The SMILES string of the molecule is COc1ccc(C2=N/C(=C/c3ccc4c(c3)OCO4)C(=O)N2c2ccc(Cl)cc2)cc1. The van der Waals surface area contributed by atoms with Crippen molar-refractivity contribution in [3.63, 3.8) is 0 Å². The van der Waals surface area contributed by atoms with Gasteiger partial charge in [-0.25, -0.2) is 4.99 Å². The second-order valence-corrected chi connectivity index (χ2v) is 7.36. The van der Waals surface area contributed by atoms with Gasteiger partial charge in [-0.05, 0) is 72.3 Å². The van der Waals surface area contributed by atoms with E-state index in [0.717, 1.165) is 16.9 Å². The van der Waals surface area contributed by atoms with Crippen molar-refractivity contribution in [2.45, 2.75) is 0 Å². The summed E-state index contributed by atoms with van der Waals surface area (Å²) in [6.07, 6.45) is 1.74. The Bertz CT molecular complexity index is 1220. The summed E-state index contributed by atoms with van der Waals surface area (Å²) in [6, 6.07) is 20.0. The van der Waals surface area contributed by atoms with Crippen molar-refractivity contribution < 1.29 is 19.0 Å². The first-order valence-electron chi connectivity index (χ1n) is 9.57. The smallest absolute Gasteiger partial charge is 0.282 e. The average molecular weight is 433 g/mol. The molecule has 0 radical (unpaired) electrons. The van der Waals surface area contributed by atoms with Crippen molar-refractivity contribution in [3.05, 3.63) is 88.6 Å². The molecule has 2 heterocycles. The number of hydrogen-bond acceptors (Lipinski definition) is 5. The van der Waals surface area contributed by atoms with Crippen LogP contribution in [0.25, 0.3) is 6.08 Å². The number of benzene rings is 3. The standard InChI is InChI=1S/C24H17ClN2O4/c1-29-19-9-3-16(4-10-19)23-26-20(12-15-2-11-21-22(13-15)31-14-30-21)24(28)27(23)18-7-5-17(25)6-8-18/h2-13H,14H2,1H3/b20-12+. The summed E-state index contributed by atoms with van der Waals surface area (Å²) in [5, 5.41) is 0.592. The van der Waals surface area contributed by atoms with E-state index < -0.39 is 0 Å². The maximum Gasteiger partial charge on any atom is 0.282 e. The van der Waals surface area contributed by atoms with Gasteiger partial charge < -0.3 is 14.2 Å². The van der Waals surface area contributed by atoms with Gasteiger partial charge in [0.25, 0.3) is 5.91 Å². The number of ether oxygens (including phenoxy) is 3. The van der Waals surface area contributed by atoms with Gasteiger partial charge >= 0.3 is 0 Å². The third-order valence-electron chi connectivity index (χ3n) is 4.99. The Morgan fingerprint density at radius 2 is 1.74 bits per heavy atom. The predicted octanol–water partition coefficient (Wildman–Crippen LogP) is 4.91. The van der Waals surface area contributed by atoms with Gasteiger partial charge in [0.1, 0.15) is 17.3 Å². The molecule has 154 valence electrons. The zero-order valence-electron chi connectivity index (χ0n) is 16.5. The van der Waals surface area contributed by atoms with Crippen LogP contribution in [0.4, 0.5) is 5.69 Å². The molecule has 0 bridgehead atoms. The van der Waals surface area contributed by atoms with Gasteiger partial charge in [0.2, 0.25) is 6.79 Å². The zero-order valence-corrected chi connectivity index (χ0v) is 17.3. The lowest BCUT2D eigenvalue weighted by atomic mass is 10.1. The van der Waals surface area contributed by atoms with Crippen LogP contribution in [-0.2, 0) is 4.79 Å². The predicted molar refractivity (Wildman–Crippen MR) is 119 cm³/mol. The van der Waals surface area contributed by atoms with Crippen LogP contribution < -0.4 is 19.1 Å². The summed E-state index contributed by atoms with van der Waals surface area (Å²) in [4.78, 5) is 19.6. The van der Waals surface area contributed by atoms with Crippen LogP contribution in [0.1, 0.15) is 11.1 Å². The van der Waals surface area contributed by atoms with E-state index in [1.807, 2.05) is 42.5 Å². The Morgan fingerprint density at radius 1 is 1.00 bits per heavy atom. The highest BCUT2D eigenvalue weighted by atomic mass is 35.5. The third-order valence-corrected chi connectivity index (χ3v) is 5.25. The minimum atomic E-state index is -0.231. The van der Waals surface area contributed by atoms with E-state index in [0.29, 0.717) is 33.7 Å². The van der Waals surface area contributed by atoms with Gasteiger partial charge in [-0.2, -0.15) is 0 Å². The first kappa shape index (κ1) is 19.2. The number of fused-ring (bicyclic) bond motifs is 1. The van der Waals surface area contributed by atoms with Gasteiger partial charge in [0, 0.05) is 10.6 Å². The third kappa shape index (κ3) is 3.62. The van der Waals surface area contributed by atoms with Crippen LogP contribution in [0.15, 0.2) is 77.4 Å². The molecule has 2 aliphatic rings. The molecule has 1 amide bonds. The van der Waals surface area contributed by atoms with E-state index >= 15 is 0 Å². The molecule has 3 aromatic carbocycles. The van der Waals surface area contributed by atoms with E-state index in [1.54, 1.807) is 42.4 Å². The quantitative estimate of drug-likeness (QED) is 0.549. The van der Waals surface area contributed by atoms with Gasteiger partial charge in [-0.15, -0.1) is 0 Å². The molecule has 0 N–H and O–H groups in total. The maximum atomic E-state index is 13.4. The lowest BCUT2D eigenvalue weighted by molar-refractivity contribution is -0.113. The molecule has 0 aliphatic carbocycles.